The first kappa shape index (κ1) is 18.4. The van der Waals surface area contributed by atoms with Crippen molar-refractivity contribution in [1.29, 1.82) is 0 Å². The third kappa shape index (κ3) is 4.60. The van der Waals surface area contributed by atoms with E-state index in [1.54, 1.807) is 6.20 Å². The van der Waals surface area contributed by atoms with E-state index in [0.29, 0.717) is 18.1 Å². The van der Waals surface area contributed by atoms with Crippen LogP contribution in [0.4, 0.5) is 11.8 Å². The van der Waals surface area contributed by atoms with Crippen LogP contribution in [-0.2, 0) is 0 Å². The van der Waals surface area contributed by atoms with E-state index in [9.17, 15) is 4.79 Å². The molecule has 1 amide bonds. The lowest BCUT2D eigenvalue weighted by Crippen LogP contribution is -2.32. The fourth-order valence-corrected chi connectivity index (χ4v) is 2.65. The van der Waals surface area contributed by atoms with Gasteiger partial charge in [0.1, 0.15) is 5.82 Å². The monoisotopic (exact) mass is 365 g/mol. The summed E-state index contributed by atoms with van der Waals surface area (Å²) in [4.78, 5) is 27.9. The van der Waals surface area contributed by atoms with Crippen LogP contribution >= 0.6 is 0 Å². The number of carbonyl (C=O) groups is 1. The third-order valence-corrected chi connectivity index (χ3v) is 3.95. The van der Waals surface area contributed by atoms with Crippen LogP contribution < -0.4 is 16.4 Å². The molecule has 1 atom stereocenters. The predicted molar refractivity (Wildman–Crippen MR) is 107 cm³/mol. The molecular weight excluding hydrogens is 342 g/mol. The largest absolute Gasteiger partial charge is 0.370 e. The highest BCUT2D eigenvalue weighted by atomic mass is 16.2. The Bertz CT molecular complexity index is 931. The Kier molecular flexibility index (Phi) is 5.65. The summed E-state index contributed by atoms with van der Waals surface area (Å²) < 4.78 is 0. The first-order valence-corrected chi connectivity index (χ1v) is 8.85. The van der Waals surface area contributed by atoms with Gasteiger partial charge in [0.2, 0.25) is 5.95 Å². The number of hydrogen-bond donors (Lipinski definition) is 4. The molecular formula is C19H23N7O. The molecule has 2 heterocycles. The minimum absolute atomic E-state index is 0.0563. The van der Waals surface area contributed by atoms with E-state index in [1.165, 1.54) is 0 Å². The number of para-hydroxylation sites is 2. The van der Waals surface area contributed by atoms with E-state index in [1.807, 2.05) is 50.3 Å². The molecule has 0 spiro atoms. The number of carbonyl (C=O) groups excluding carboxylic acids is 1. The Morgan fingerprint density at radius 3 is 2.93 bits per heavy atom. The van der Waals surface area contributed by atoms with Crippen molar-refractivity contribution >= 4 is 34.8 Å². The number of aromatic amines is 1. The highest BCUT2D eigenvalue weighted by Crippen LogP contribution is 2.15. The number of benzene rings is 1. The molecule has 0 saturated carbocycles. The van der Waals surface area contributed by atoms with Crippen molar-refractivity contribution in [1.82, 2.24) is 25.3 Å². The van der Waals surface area contributed by atoms with E-state index in [4.69, 9.17) is 5.73 Å². The number of rotatable bonds is 7. The maximum absolute atomic E-state index is 12.4. The van der Waals surface area contributed by atoms with E-state index >= 15 is 0 Å². The second-order valence-corrected chi connectivity index (χ2v) is 6.18. The summed E-state index contributed by atoms with van der Waals surface area (Å²) in [7, 11) is 0. The van der Waals surface area contributed by atoms with Crippen molar-refractivity contribution in [2.24, 2.45) is 0 Å². The molecule has 8 nitrogen and oxygen atoms in total. The van der Waals surface area contributed by atoms with Crippen LogP contribution in [0.15, 0.2) is 36.5 Å². The highest BCUT2D eigenvalue weighted by Gasteiger charge is 2.13. The average molecular weight is 365 g/mol. The summed E-state index contributed by atoms with van der Waals surface area (Å²) in [5.74, 6) is 1.01. The number of fused-ring (bicyclic) bond motifs is 1. The van der Waals surface area contributed by atoms with Gasteiger partial charge in [0, 0.05) is 24.3 Å². The average Bonchev–Trinajstić information content (AvgIpc) is 3.08. The number of anilines is 2. The Morgan fingerprint density at radius 1 is 1.33 bits per heavy atom. The lowest BCUT2D eigenvalue weighted by atomic mass is 10.2. The lowest BCUT2D eigenvalue weighted by Gasteiger charge is -2.10. The van der Waals surface area contributed by atoms with Crippen LogP contribution in [0.1, 0.15) is 36.5 Å². The number of nitrogens with one attached hydrogen (secondary N) is 3. The molecule has 1 aromatic carbocycles. The zero-order chi connectivity index (χ0) is 19.2. The molecule has 0 aliphatic heterocycles. The first-order valence-electron chi connectivity index (χ1n) is 8.85. The smallest absolute Gasteiger partial charge is 0.287 e. The van der Waals surface area contributed by atoms with E-state index < -0.39 is 0 Å². The summed E-state index contributed by atoms with van der Waals surface area (Å²) in [6.45, 7) is 4.66. The maximum Gasteiger partial charge on any atom is 0.287 e. The molecule has 8 heteroatoms. The molecule has 0 radical (unpaired) electrons. The van der Waals surface area contributed by atoms with Crippen molar-refractivity contribution in [3.63, 3.8) is 0 Å². The fourth-order valence-electron chi connectivity index (χ4n) is 2.65. The van der Waals surface area contributed by atoms with Gasteiger partial charge in [-0.15, -0.1) is 0 Å². The molecule has 0 bridgehead atoms. The van der Waals surface area contributed by atoms with Crippen LogP contribution in [0.25, 0.3) is 17.1 Å². The van der Waals surface area contributed by atoms with E-state index in [-0.39, 0.29) is 17.9 Å². The van der Waals surface area contributed by atoms with Gasteiger partial charge >= 0.3 is 0 Å². The van der Waals surface area contributed by atoms with Gasteiger partial charge in [0.15, 0.2) is 5.82 Å². The number of nitrogens with zero attached hydrogens (tertiary/aromatic N) is 3. The van der Waals surface area contributed by atoms with Crippen LogP contribution in [0.2, 0.25) is 0 Å². The topological polar surface area (TPSA) is 122 Å². The van der Waals surface area contributed by atoms with Gasteiger partial charge in [-0.1, -0.05) is 24.3 Å². The fraction of sp³-hybridized carbons (Fsp3) is 0.263. The second kappa shape index (κ2) is 8.31. The van der Waals surface area contributed by atoms with Crippen LogP contribution in [-0.4, -0.2) is 38.4 Å². The normalized spacial score (nSPS) is 12.4. The number of nitrogens with two attached hydrogens (primary N) is 1. The minimum atomic E-state index is -0.226. The summed E-state index contributed by atoms with van der Waals surface area (Å²) in [6.07, 6.45) is 6.22. The molecule has 0 aliphatic carbocycles. The third-order valence-electron chi connectivity index (χ3n) is 3.95. The van der Waals surface area contributed by atoms with Crippen molar-refractivity contribution in [3.8, 4) is 0 Å². The highest BCUT2D eigenvalue weighted by molar-refractivity contribution is 5.94. The quantitative estimate of drug-likeness (QED) is 0.510. The van der Waals surface area contributed by atoms with Crippen molar-refractivity contribution in [3.05, 3.63) is 47.9 Å². The van der Waals surface area contributed by atoms with Gasteiger partial charge in [-0.05, 0) is 32.4 Å². The van der Waals surface area contributed by atoms with Crippen molar-refractivity contribution < 1.29 is 4.79 Å². The number of amides is 1. The van der Waals surface area contributed by atoms with Gasteiger partial charge in [0.05, 0.1) is 11.0 Å². The zero-order valence-electron chi connectivity index (χ0n) is 15.4. The molecule has 0 unspecified atom stereocenters. The summed E-state index contributed by atoms with van der Waals surface area (Å²) in [5, 5.41) is 6.10. The SMILES string of the molecule is CCNc1nc(N)ncc1/C=C/C[C@H](C)NC(=O)c1nc2ccccc2[nH]1. The van der Waals surface area contributed by atoms with Gasteiger partial charge in [0.25, 0.3) is 5.91 Å². The molecule has 0 saturated heterocycles. The molecule has 140 valence electrons. The molecule has 27 heavy (non-hydrogen) atoms. The molecule has 5 N–H and O–H groups in total. The van der Waals surface area contributed by atoms with Crippen LogP contribution in [0, 0.1) is 0 Å². The minimum Gasteiger partial charge on any atom is -0.370 e. The Balaban J connectivity index is 1.60. The number of H-pyrrole nitrogens is 1. The van der Waals surface area contributed by atoms with Crippen molar-refractivity contribution in [2.45, 2.75) is 26.3 Å². The molecule has 0 fully saturated rings. The first-order chi connectivity index (χ1) is 13.1. The van der Waals surface area contributed by atoms with Gasteiger partial charge in [-0.25, -0.2) is 9.97 Å². The van der Waals surface area contributed by atoms with Gasteiger partial charge in [-0.2, -0.15) is 4.98 Å². The Labute approximate surface area is 157 Å². The van der Waals surface area contributed by atoms with Crippen LogP contribution in [0.5, 0.6) is 0 Å². The molecule has 0 aliphatic rings. The molecule has 2 aromatic heterocycles. The van der Waals surface area contributed by atoms with Crippen LogP contribution in [0.3, 0.4) is 0 Å². The number of aromatic nitrogens is 4. The van der Waals surface area contributed by atoms with Crippen molar-refractivity contribution in [2.75, 3.05) is 17.6 Å². The maximum atomic E-state index is 12.4. The lowest BCUT2D eigenvalue weighted by molar-refractivity contribution is 0.0931. The number of nitrogen functional groups attached to an aromatic ring is 1. The molecule has 3 rings (SSSR count). The van der Waals surface area contributed by atoms with Gasteiger partial charge < -0.3 is 21.4 Å². The molecule has 3 aromatic rings. The Hall–Kier alpha value is -3.42. The predicted octanol–water partition coefficient (Wildman–Crippen LogP) is 2.59. The summed E-state index contributed by atoms with van der Waals surface area (Å²) in [5.41, 5.74) is 8.09. The van der Waals surface area contributed by atoms with E-state index in [0.717, 1.165) is 23.1 Å². The summed E-state index contributed by atoms with van der Waals surface area (Å²) in [6, 6.07) is 7.49. The number of imidazole rings is 1. The summed E-state index contributed by atoms with van der Waals surface area (Å²) >= 11 is 0. The Morgan fingerprint density at radius 2 is 2.15 bits per heavy atom. The van der Waals surface area contributed by atoms with Gasteiger partial charge in [-0.3, -0.25) is 4.79 Å². The zero-order valence-corrected chi connectivity index (χ0v) is 15.4. The number of hydrogen-bond acceptors (Lipinski definition) is 6. The standard InChI is InChI=1S/C19H23N7O/c1-3-21-16-13(11-22-19(20)26-16)8-6-7-12(2)23-18(27)17-24-14-9-4-5-10-15(14)25-17/h4-6,8-12H,3,7H2,1-2H3,(H,23,27)(H,24,25)(H3,20,21,22,26)/b8-6+/t12-/m0/s1. The second-order valence-electron chi connectivity index (χ2n) is 6.18. The van der Waals surface area contributed by atoms with E-state index in [2.05, 4.69) is 30.6 Å².